The first kappa shape index (κ1) is 14.3. The van der Waals surface area contributed by atoms with Gasteiger partial charge in [0, 0.05) is 25.0 Å². The second kappa shape index (κ2) is 5.73. The zero-order chi connectivity index (χ0) is 15.8. The van der Waals surface area contributed by atoms with Crippen molar-refractivity contribution >= 4 is 5.91 Å². The molecule has 6 nitrogen and oxygen atoms in total. The molecule has 0 aliphatic carbocycles. The molecule has 0 aromatic carbocycles. The molecule has 3 saturated heterocycles. The van der Waals surface area contributed by atoms with E-state index >= 15 is 0 Å². The van der Waals surface area contributed by atoms with Crippen molar-refractivity contribution in [2.75, 3.05) is 19.6 Å². The molecule has 0 spiro atoms. The van der Waals surface area contributed by atoms with Gasteiger partial charge in [0.25, 0.3) is 5.89 Å². The maximum absolute atomic E-state index is 13.7. The number of rotatable bonds is 3. The number of halogens is 1. The molecule has 7 heteroatoms. The third kappa shape index (κ3) is 2.72. The Labute approximate surface area is 132 Å². The number of fused-ring (bicyclic) bond motifs is 3. The fourth-order valence-corrected chi connectivity index (χ4v) is 3.42. The number of hydrogen-bond donors (Lipinski definition) is 1. The number of nitrogens with zero attached hydrogens (tertiary/aromatic N) is 3. The molecular weight excluding hydrogens is 299 g/mol. The molecule has 1 amide bonds. The van der Waals surface area contributed by atoms with Gasteiger partial charge in [-0.1, -0.05) is 0 Å². The van der Waals surface area contributed by atoms with E-state index in [9.17, 15) is 9.18 Å². The van der Waals surface area contributed by atoms with Crippen LogP contribution in [0, 0.1) is 11.7 Å². The number of carbonyl (C=O) groups is 1. The van der Waals surface area contributed by atoms with Gasteiger partial charge in [0.15, 0.2) is 5.76 Å². The first-order valence-corrected chi connectivity index (χ1v) is 7.79. The van der Waals surface area contributed by atoms with Gasteiger partial charge in [-0.2, -0.15) is 0 Å². The summed E-state index contributed by atoms with van der Waals surface area (Å²) in [6.07, 6.45) is 6.29. The van der Waals surface area contributed by atoms with Gasteiger partial charge in [-0.05, 0) is 37.9 Å². The normalized spacial score (nSPS) is 26.2. The second-order valence-corrected chi connectivity index (χ2v) is 6.10. The summed E-state index contributed by atoms with van der Waals surface area (Å²) < 4.78 is 19.1. The number of amides is 1. The Balaban J connectivity index is 1.48. The summed E-state index contributed by atoms with van der Waals surface area (Å²) in [7, 11) is 0. The smallest absolute Gasteiger partial charge is 0.307 e. The zero-order valence-corrected chi connectivity index (χ0v) is 12.5. The summed E-state index contributed by atoms with van der Waals surface area (Å²) in [4.78, 5) is 22.5. The summed E-state index contributed by atoms with van der Waals surface area (Å²) >= 11 is 0. The molecule has 3 aliphatic rings. The van der Waals surface area contributed by atoms with Crippen molar-refractivity contribution in [1.82, 2.24) is 20.2 Å². The lowest BCUT2D eigenvalue weighted by Crippen LogP contribution is -2.57. The van der Waals surface area contributed by atoms with E-state index < -0.39 is 5.82 Å². The highest BCUT2D eigenvalue weighted by atomic mass is 19.1. The van der Waals surface area contributed by atoms with Crippen LogP contribution in [0.5, 0.6) is 0 Å². The average Bonchev–Trinajstić information content (AvgIpc) is 3.06. The van der Waals surface area contributed by atoms with E-state index in [1.165, 1.54) is 24.7 Å². The van der Waals surface area contributed by atoms with Crippen LogP contribution in [0.25, 0.3) is 11.3 Å². The van der Waals surface area contributed by atoms with Gasteiger partial charge in [0.2, 0.25) is 0 Å². The van der Waals surface area contributed by atoms with E-state index in [0.717, 1.165) is 32.5 Å². The number of hydrogen-bond acceptors (Lipinski definition) is 5. The Hall–Kier alpha value is -2.28. The largest absolute Gasteiger partial charge is 0.432 e. The van der Waals surface area contributed by atoms with E-state index in [1.807, 2.05) is 0 Å². The van der Waals surface area contributed by atoms with Crippen molar-refractivity contribution in [3.05, 3.63) is 36.4 Å². The van der Waals surface area contributed by atoms with Gasteiger partial charge in [-0.3, -0.25) is 9.78 Å². The predicted octanol–water partition coefficient (Wildman–Crippen LogP) is 1.70. The Morgan fingerprint density at radius 3 is 2.87 bits per heavy atom. The van der Waals surface area contributed by atoms with Crippen LogP contribution in [-0.4, -0.2) is 46.5 Å². The molecule has 3 fully saturated rings. The first-order valence-electron chi connectivity index (χ1n) is 7.79. The number of oxazole rings is 1. The van der Waals surface area contributed by atoms with Crippen molar-refractivity contribution in [2.24, 2.45) is 5.92 Å². The third-order valence-corrected chi connectivity index (χ3v) is 4.71. The van der Waals surface area contributed by atoms with Crippen molar-refractivity contribution in [3.8, 4) is 11.3 Å². The second-order valence-electron chi connectivity index (χ2n) is 6.10. The van der Waals surface area contributed by atoms with Crippen LogP contribution < -0.4 is 5.32 Å². The number of pyridine rings is 1. The van der Waals surface area contributed by atoms with Crippen molar-refractivity contribution in [3.63, 3.8) is 0 Å². The molecule has 0 unspecified atom stereocenters. The molecule has 2 aromatic heterocycles. The number of nitrogens with one attached hydrogen (secondary N) is 1. The Kier molecular flexibility index (Phi) is 3.57. The number of carbonyl (C=O) groups excluding carboxylic acids is 1. The highest BCUT2D eigenvalue weighted by Crippen LogP contribution is 2.28. The molecule has 5 rings (SSSR count). The van der Waals surface area contributed by atoms with Crippen LogP contribution in [0.15, 0.2) is 29.1 Å². The Morgan fingerprint density at radius 1 is 1.35 bits per heavy atom. The standard InChI is InChI=1S/C16H17FN4O2/c17-12-1-4-18-7-11(12)14-8-19-16(23-14)15(22)20-13-9-21-5-2-10(13)3-6-21/h1,4,7-8,10,13H,2-3,5-6,9H2,(H,20,22)/t13-/m0/s1. The summed E-state index contributed by atoms with van der Waals surface area (Å²) in [6.45, 7) is 3.10. The van der Waals surface area contributed by atoms with Gasteiger partial charge < -0.3 is 14.6 Å². The fourth-order valence-electron chi connectivity index (χ4n) is 3.42. The van der Waals surface area contributed by atoms with Crippen molar-refractivity contribution in [2.45, 2.75) is 18.9 Å². The molecule has 5 heterocycles. The molecule has 23 heavy (non-hydrogen) atoms. The Bertz CT molecular complexity index is 724. The minimum atomic E-state index is -0.458. The van der Waals surface area contributed by atoms with Crippen LogP contribution >= 0.6 is 0 Å². The average molecular weight is 316 g/mol. The molecule has 120 valence electrons. The van der Waals surface area contributed by atoms with Gasteiger partial charge in [-0.25, -0.2) is 9.37 Å². The molecule has 2 aromatic rings. The van der Waals surface area contributed by atoms with E-state index in [1.54, 1.807) is 0 Å². The van der Waals surface area contributed by atoms with Gasteiger partial charge >= 0.3 is 5.91 Å². The van der Waals surface area contributed by atoms with Crippen molar-refractivity contribution < 1.29 is 13.6 Å². The van der Waals surface area contributed by atoms with Gasteiger partial charge in [0.05, 0.1) is 11.8 Å². The van der Waals surface area contributed by atoms with Crippen LogP contribution in [0.2, 0.25) is 0 Å². The molecule has 3 aliphatic heterocycles. The summed E-state index contributed by atoms with van der Waals surface area (Å²) in [5.74, 6) is -0.122. The SMILES string of the molecule is O=C(N[C@H]1CN2CCC1CC2)c1ncc(-c2cnccc2F)o1. The molecule has 2 bridgehead atoms. The number of piperidine rings is 3. The lowest BCUT2D eigenvalue weighted by atomic mass is 9.84. The maximum atomic E-state index is 13.7. The van der Waals surface area contributed by atoms with Crippen LogP contribution in [0.1, 0.15) is 23.5 Å². The summed E-state index contributed by atoms with van der Waals surface area (Å²) in [5.41, 5.74) is 0.196. The van der Waals surface area contributed by atoms with E-state index in [0.29, 0.717) is 5.92 Å². The van der Waals surface area contributed by atoms with Crippen LogP contribution in [0.3, 0.4) is 0 Å². The highest BCUT2D eigenvalue weighted by Gasteiger charge is 2.35. The third-order valence-electron chi connectivity index (χ3n) is 4.71. The molecule has 0 saturated carbocycles. The number of aromatic nitrogens is 2. The topological polar surface area (TPSA) is 71.3 Å². The summed E-state index contributed by atoms with van der Waals surface area (Å²) in [6, 6.07) is 1.38. The molecule has 1 atom stereocenters. The zero-order valence-electron chi connectivity index (χ0n) is 12.5. The molecule has 0 radical (unpaired) electrons. The van der Waals surface area contributed by atoms with E-state index in [-0.39, 0.29) is 29.2 Å². The van der Waals surface area contributed by atoms with Gasteiger partial charge in [-0.15, -0.1) is 0 Å². The lowest BCUT2D eigenvalue weighted by molar-refractivity contribution is 0.0602. The fraction of sp³-hybridized carbons (Fsp3) is 0.438. The van der Waals surface area contributed by atoms with Crippen LogP contribution in [-0.2, 0) is 0 Å². The minimum absolute atomic E-state index is 0.0419. The van der Waals surface area contributed by atoms with E-state index in [2.05, 4.69) is 20.2 Å². The quantitative estimate of drug-likeness (QED) is 0.933. The van der Waals surface area contributed by atoms with E-state index in [4.69, 9.17) is 4.42 Å². The Morgan fingerprint density at radius 2 is 2.17 bits per heavy atom. The van der Waals surface area contributed by atoms with Gasteiger partial charge in [0.1, 0.15) is 5.82 Å². The minimum Gasteiger partial charge on any atom is -0.432 e. The first-order chi connectivity index (χ1) is 11.2. The molecule has 1 N–H and O–H groups in total. The lowest BCUT2D eigenvalue weighted by Gasteiger charge is -2.44. The monoisotopic (exact) mass is 316 g/mol. The maximum Gasteiger partial charge on any atom is 0.307 e. The summed E-state index contributed by atoms with van der Waals surface area (Å²) in [5, 5.41) is 3.00. The van der Waals surface area contributed by atoms with Crippen molar-refractivity contribution in [1.29, 1.82) is 0 Å². The predicted molar refractivity (Wildman–Crippen MR) is 80.1 cm³/mol. The highest BCUT2D eigenvalue weighted by molar-refractivity contribution is 5.90. The van der Waals surface area contributed by atoms with Crippen LogP contribution in [0.4, 0.5) is 4.39 Å². The molecular formula is C16H17FN4O2.